The maximum Gasteiger partial charge on any atom is 0.254 e. The van der Waals surface area contributed by atoms with Gasteiger partial charge in [-0.2, -0.15) is 0 Å². The molecule has 0 bridgehead atoms. The Balaban J connectivity index is 2.77. The van der Waals surface area contributed by atoms with Crippen molar-refractivity contribution in [3.05, 3.63) is 24.2 Å². The first-order chi connectivity index (χ1) is 4.72. The standard InChI is InChI=1S/C6H7NO3/c7-6(9)5(8)4-2-1-3-10-4/h1-3,5,8H,(H2,7,9). The summed E-state index contributed by atoms with van der Waals surface area (Å²) in [5.74, 6) is -0.637. The summed E-state index contributed by atoms with van der Waals surface area (Å²) in [5.41, 5.74) is 4.78. The van der Waals surface area contributed by atoms with Crippen LogP contribution < -0.4 is 5.73 Å². The quantitative estimate of drug-likeness (QED) is 0.598. The maximum absolute atomic E-state index is 10.3. The van der Waals surface area contributed by atoms with Gasteiger partial charge in [0.05, 0.1) is 6.26 Å². The van der Waals surface area contributed by atoms with Gasteiger partial charge in [-0.3, -0.25) is 4.79 Å². The molecule has 0 saturated heterocycles. The van der Waals surface area contributed by atoms with Crippen molar-refractivity contribution in [2.24, 2.45) is 5.73 Å². The van der Waals surface area contributed by atoms with Crippen LogP contribution in [0.2, 0.25) is 0 Å². The number of amides is 1. The lowest BCUT2D eigenvalue weighted by molar-refractivity contribution is -0.127. The van der Waals surface area contributed by atoms with Gasteiger partial charge in [0.25, 0.3) is 5.91 Å². The molecule has 1 rings (SSSR count). The highest BCUT2D eigenvalue weighted by Gasteiger charge is 2.15. The molecule has 0 aliphatic carbocycles. The molecule has 0 fully saturated rings. The molecule has 1 atom stereocenters. The van der Waals surface area contributed by atoms with E-state index in [0.29, 0.717) is 0 Å². The molecule has 1 aromatic heterocycles. The minimum atomic E-state index is -1.32. The summed E-state index contributed by atoms with van der Waals surface area (Å²) in [5, 5.41) is 8.92. The van der Waals surface area contributed by atoms with Crippen molar-refractivity contribution in [1.29, 1.82) is 0 Å². The molecule has 1 unspecified atom stereocenters. The van der Waals surface area contributed by atoms with E-state index >= 15 is 0 Å². The first-order valence-electron chi connectivity index (χ1n) is 2.72. The number of nitrogens with two attached hydrogens (primary N) is 1. The van der Waals surface area contributed by atoms with Gasteiger partial charge in [-0.15, -0.1) is 0 Å². The Morgan fingerprint density at radius 1 is 1.80 bits per heavy atom. The van der Waals surface area contributed by atoms with E-state index in [-0.39, 0.29) is 5.76 Å². The Morgan fingerprint density at radius 2 is 2.50 bits per heavy atom. The van der Waals surface area contributed by atoms with E-state index < -0.39 is 12.0 Å². The second kappa shape index (κ2) is 2.53. The van der Waals surface area contributed by atoms with Crippen LogP contribution in [0.1, 0.15) is 11.9 Å². The Labute approximate surface area is 57.3 Å². The van der Waals surface area contributed by atoms with E-state index in [2.05, 4.69) is 0 Å². The van der Waals surface area contributed by atoms with Crippen LogP contribution >= 0.6 is 0 Å². The molecule has 54 valence electrons. The number of primary amides is 1. The number of aliphatic hydroxyl groups is 1. The minimum absolute atomic E-state index is 0.174. The number of furan rings is 1. The summed E-state index contributed by atoms with van der Waals surface area (Å²) in [6.45, 7) is 0. The van der Waals surface area contributed by atoms with Crippen LogP contribution in [0.25, 0.3) is 0 Å². The zero-order valence-corrected chi connectivity index (χ0v) is 5.15. The molecule has 4 nitrogen and oxygen atoms in total. The first-order valence-corrected chi connectivity index (χ1v) is 2.72. The Bertz CT molecular complexity index is 217. The van der Waals surface area contributed by atoms with E-state index in [1.807, 2.05) is 0 Å². The number of carbonyl (C=O) groups excluding carboxylic acids is 1. The lowest BCUT2D eigenvalue weighted by atomic mass is 10.3. The predicted molar refractivity (Wildman–Crippen MR) is 32.9 cm³/mol. The third kappa shape index (κ3) is 1.16. The number of carbonyl (C=O) groups is 1. The average Bonchev–Trinajstić information content (AvgIpc) is 2.36. The van der Waals surface area contributed by atoms with Gasteiger partial charge in [-0.05, 0) is 12.1 Å². The van der Waals surface area contributed by atoms with Crippen LogP contribution in [-0.2, 0) is 4.79 Å². The van der Waals surface area contributed by atoms with Crippen molar-refractivity contribution in [2.45, 2.75) is 6.10 Å². The zero-order valence-electron chi connectivity index (χ0n) is 5.15. The van der Waals surface area contributed by atoms with Crippen LogP contribution in [0, 0.1) is 0 Å². The fraction of sp³-hybridized carbons (Fsp3) is 0.167. The van der Waals surface area contributed by atoms with Gasteiger partial charge in [0.15, 0.2) is 6.10 Å². The van der Waals surface area contributed by atoms with Gasteiger partial charge in [-0.25, -0.2) is 0 Å². The van der Waals surface area contributed by atoms with Crippen LogP contribution in [0.4, 0.5) is 0 Å². The van der Waals surface area contributed by atoms with Crippen molar-refractivity contribution in [3.63, 3.8) is 0 Å². The van der Waals surface area contributed by atoms with Crippen molar-refractivity contribution in [3.8, 4) is 0 Å². The van der Waals surface area contributed by atoms with E-state index in [9.17, 15) is 4.79 Å². The summed E-state index contributed by atoms with van der Waals surface area (Å²) in [7, 11) is 0. The number of rotatable bonds is 2. The fourth-order valence-electron chi connectivity index (χ4n) is 0.587. The van der Waals surface area contributed by atoms with Crippen molar-refractivity contribution >= 4 is 5.91 Å². The number of aliphatic hydroxyl groups excluding tert-OH is 1. The number of hydrogen-bond donors (Lipinski definition) is 2. The molecule has 0 aliphatic heterocycles. The largest absolute Gasteiger partial charge is 0.466 e. The van der Waals surface area contributed by atoms with Gasteiger partial charge in [0.1, 0.15) is 5.76 Å². The summed E-state index contributed by atoms with van der Waals surface area (Å²) in [6, 6.07) is 3.05. The molecule has 0 aliphatic rings. The highest BCUT2D eigenvalue weighted by molar-refractivity contribution is 5.79. The second-order valence-corrected chi connectivity index (χ2v) is 1.82. The van der Waals surface area contributed by atoms with E-state index in [1.54, 1.807) is 6.07 Å². The molecular weight excluding hydrogens is 134 g/mol. The Morgan fingerprint density at radius 3 is 2.90 bits per heavy atom. The highest BCUT2D eigenvalue weighted by atomic mass is 16.4. The Kier molecular flexibility index (Phi) is 1.73. The van der Waals surface area contributed by atoms with Gasteiger partial charge in [0.2, 0.25) is 0 Å². The topological polar surface area (TPSA) is 76.5 Å². The van der Waals surface area contributed by atoms with E-state index in [0.717, 1.165) is 0 Å². The maximum atomic E-state index is 10.3. The number of hydrogen-bond acceptors (Lipinski definition) is 3. The lowest BCUT2D eigenvalue weighted by Gasteiger charge is -1.99. The summed E-state index contributed by atoms with van der Waals surface area (Å²) in [6.07, 6.45) is 0.0385. The molecule has 0 aromatic carbocycles. The average molecular weight is 141 g/mol. The molecule has 0 saturated carbocycles. The Hall–Kier alpha value is -1.29. The molecule has 1 amide bonds. The van der Waals surface area contributed by atoms with Gasteiger partial charge in [-0.1, -0.05) is 0 Å². The van der Waals surface area contributed by atoms with Crippen LogP contribution in [0.15, 0.2) is 22.8 Å². The first kappa shape index (κ1) is 6.82. The molecule has 0 spiro atoms. The van der Waals surface area contributed by atoms with Gasteiger partial charge < -0.3 is 15.3 Å². The van der Waals surface area contributed by atoms with Gasteiger partial charge in [0, 0.05) is 0 Å². The molecule has 1 heterocycles. The zero-order chi connectivity index (χ0) is 7.56. The predicted octanol–water partition coefficient (Wildman–Crippen LogP) is -0.202. The molecular formula is C6H7NO3. The molecule has 4 heteroatoms. The summed E-state index contributed by atoms with van der Waals surface area (Å²) >= 11 is 0. The van der Waals surface area contributed by atoms with Crippen molar-refractivity contribution in [1.82, 2.24) is 0 Å². The monoisotopic (exact) mass is 141 g/mol. The molecule has 0 radical (unpaired) electrons. The van der Waals surface area contributed by atoms with Crippen LogP contribution in [0.3, 0.4) is 0 Å². The highest BCUT2D eigenvalue weighted by Crippen LogP contribution is 2.11. The van der Waals surface area contributed by atoms with Crippen LogP contribution in [0.5, 0.6) is 0 Å². The minimum Gasteiger partial charge on any atom is -0.466 e. The van der Waals surface area contributed by atoms with Gasteiger partial charge >= 0.3 is 0 Å². The third-order valence-electron chi connectivity index (χ3n) is 1.08. The molecule has 1 aromatic rings. The normalized spacial score (nSPS) is 12.9. The molecule has 10 heavy (non-hydrogen) atoms. The van der Waals surface area contributed by atoms with Crippen molar-refractivity contribution in [2.75, 3.05) is 0 Å². The summed E-state index contributed by atoms with van der Waals surface area (Å²) < 4.78 is 4.71. The molecule has 3 N–H and O–H groups in total. The smallest absolute Gasteiger partial charge is 0.254 e. The van der Waals surface area contributed by atoms with E-state index in [4.69, 9.17) is 15.3 Å². The third-order valence-corrected chi connectivity index (χ3v) is 1.08. The lowest BCUT2D eigenvalue weighted by Crippen LogP contribution is -2.20. The van der Waals surface area contributed by atoms with Crippen LogP contribution in [-0.4, -0.2) is 11.0 Å². The summed E-state index contributed by atoms with van der Waals surface area (Å²) in [4.78, 5) is 10.3. The SMILES string of the molecule is NC(=O)C(O)c1ccco1. The second-order valence-electron chi connectivity index (χ2n) is 1.82. The van der Waals surface area contributed by atoms with E-state index in [1.165, 1.54) is 12.3 Å². The van der Waals surface area contributed by atoms with Crippen molar-refractivity contribution < 1.29 is 14.3 Å². The fourth-order valence-corrected chi connectivity index (χ4v) is 0.587.